The molecule has 2 rings (SSSR count). The molecule has 2 unspecified atom stereocenters. The van der Waals surface area contributed by atoms with Crippen LogP contribution in [-0.4, -0.2) is 34.3 Å². The molecule has 2 atom stereocenters. The largest absolute Gasteiger partial charge is 0.508 e. The van der Waals surface area contributed by atoms with E-state index in [1.165, 1.54) is 31.5 Å². The fourth-order valence-corrected chi connectivity index (χ4v) is 4.10. The molecule has 0 bridgehead atoms. The van der Waals surface area contributed by atoms with Crippen molar-refractivity contribution < 1.29 is 28.6 Å². The van der Waals surface area contributed by atoms with Crippen molar-refractivity contribution in [3.05, 3.63) is 81.8 Å². The number of aryl methyl sites for hydroxylation is 1. The predicted molar refractivity (Wildman–Crippen MR) is 173 cm³/mol. The number of aliphatic carboxylic acids is 1. The maximum absolute atomic E-state index is 13.1. The summed E-state index contributed by atoms with van der Waals surface area (Å²) in [5, 5.41) is 20.2. The number of rotatable bonds is 10. The number of carboxylic acids is 1. The van der Waals surface area contributed by atoms with Crippen molar-refractivity contribution in [2.45, 2.75) is 72.9 Å². The number of aliphatic hydroxyl groups excluding tert-OH is 1. The van der Waals surface area contributed by atoms with Crippen LogP contribution in [-0.2, 0) is 11.2 Å². The van der Waals surface area contributed by atoms with Crippen LogP contribution in [0.2, 0.25) is 0 Å². The Kier molecular flexibility index (Phi) is 20.4. The zero-order valence-corrected chi connectivity index (χ0v) is 27.0. The highest BCUT2D eigenvalue weighted by atomic mass is 32.1. The lowest BCUT2D eigenvalue weighted by Gasteiger charge is -2.15. The molecule has 1 aromatic heterocycles. The molecule has 0 spiro atoms. The highest BCUT2D eigenvalue weighted by Crippen LogP contribution is 2.32. The molecule has 5 nitrogen and oxygen atoms in total. The van der Waals surface area contributed by atoms with E-state index in [2.05, 4.69) is 59.4 Å². The molecular formula is C32H46F2NO4PS. The van der Waals surface area contributed by atoms with Gasteiger partial charge in [-0.2, -0.15) is 8.78 Å². The smallest absolute Gasteiger partial charge is 0.305 e. The zero-order chi connectivity index (χ0) is 32.2. The summed E-state index contributed by atoms with van der Waals surface area (Å²) in [5.41, 5.74) is -1.63. The molecule has 0 saturated carbocycles. The van der Waals surface area contributed by atoms with Crippen LogP contribution in [0.15, 0.2) is 72.1 Å². The number of hydrogen-bond donors (Lipinski definition) is 3. The summed E-state index contributed by atoms with van der Waals surface area (Å²) in [4.78, 5) is 23.6. The quantitative estimate of drug-likeness (QED) is 0.141. The summed E-state index contributed by atoms with van der Waals surface area (Å²) in [6, 6.07) is 3.73. The molecular weight excluding hydrogens is 563 g/mol. The second kappa shape index (κ2) is 20.8. The highest BCUT2D eigenvalue weighted by molar-refractivity contribution is 7.18. The van der Waals surface area contributed by atoms with Crippen LogP contribution in [0.3, 0.4) is 0 Å². The Morgan fingerprint density at radius 3 is 2.24 bits per heavy atom. The third-order valence-corrected chi connectivity index (χ3v) is 6.28. The average Bonchev–Trinajstić information content (AvgIpc) is 3.33. The molecule has 0 fully saturated rings. The van der Waals surface area contributed by atoms with Crippen LogP contribution in [0.5, 0.6) is 0 Å². The number of alkyl halides is 2. The van der Waals surface area contributed by atoms with Gasteiger partial charge in [0.25, 0.3) is 11.6 Å². The lowest BCUT2D eigenvalue weighted by atomic mass is 9.92. The third-order valence-electron chi connectivity index (χ3n) is 4.80. The van der Waals surface area contributed by atoms with E-state index in [4.69, 9.17) is 5.11 Å². The van der Waals surface area contributed by atoms with Crippen molar-refractivity contribution >= 4 is 32.5 Å². The van der Waals surface area contributed by atoms with Crippen molar-refractivity contribution in [2.75, 3.05) is 6.54 Å². The summed E-state index contributed by atoms with van der Waals surface area (Å²) in [6.45, 7) is 16.3. The zero-order valence-electron chi connectivity index (χ0n) is 25.0. The van der Waals surface area contributed by atoms with Crippen LogP contribution in [0.4, 0.5) is 8.78 Å². The molecule has 0 aliphatic heterocycles. The number of nitrogens with one attached hydrogen (secondary N) is 1. The average molecular weight is 610 g/mol. The SMILES string of the molecule is C#C.C=C/C(=C\C=C(/C)C1C=CC(O)=CC1)C(F)(F)P.CC(C)(C)C.CCCc1ccc(C(=O)NCCC(=O)O)s1. The first-order chi connectivity index (χ1) is 19.0. The second-order valence-electron chi connectivity index (χ2n) is 10.6. The van der Waals surface area contributed by atoms with E-state index in [9.17, 15) is 23.5 Å². The Hall–Kier alpha value is -3.01. The number of terminal acetylenes is 1. The van der Waals surface area contributed by atoms with E-state index in [1.54, 1.807) is 24.3 Å². The maximum atomic E-state index is 13.1. The second-order valence-corrected chi connectivity index (χ2v) is 12.5. The molecule has 3 N–H and O–H groups in total. The monoisotopic (exact) mass is 609 g/mol. The van der Waals surface area contributed by atoms with E-state index in [0.29, 0.717) is 16.7 Å². The standard InChI is InChI=1S/C14H17F2OP.C11H15NO3S.C5H12.C2H2/c1-3-12(14(15,16)18)7-4-10(2)11-5-8-13(17)9-6-11;1-2-3-8-4-5-9(16-8)11(15)12-7-6-10(13)14;1-5(2,3)4;1-2/h3-5,7-9,11,17H,1,6,18H2,2H3;4-5H,2-3,6-7H2,1H3,(H,12,15)(H,13,14);1-4H3;1-2H/b10-4+,12-7+;;;. The molecule has 1 amide bonds. The predicted octanol–water partition coefficient (Wildman–Crippen LogP) is 8.74. The molecule has 1 aliphatic rings. The first-order valence-electron chi connectivity index (χ1n) is 13.1. The fourth-order valence-electron chi connectivity index (χ4n) is 2.86. The van der Waals surface area contributed by atoms with Crippen molar-refractivity contribution in [1.29, 1.82) is 0 Å². The minimum atomic E-state index is -2.96. The van der Waals surface area contributed by atoms with E-state index < -0.39 is 11.6 Å². The number of allylic oxidation sites excluding steroid dienone is 8. The molecule has 1 heterocycles. The number of thiophene rings is 1. The summed E-state index contributed by atoms with van der Waals surface area (Å²) < 4.78 is 26.1. The number of halogens is 2. The van der Waals surface area contributed by atoms with Crippen LogP contribution < -0.4 is 5.32 Å². The molecule has 41 heavy (non-hydrogen) atoms. The number of aliphatic hydroxyl groups is 1. The van der Waals surface area contributed by atoms with Gasteiger partial charge in [-0.25, -0.2) is 0 Å². The molecule has 1 aliphatic carbocycles. The van der Waals surface area contributed by atoms with Gasteiger partial charge in [0.2, 0.25) is 0 Å². The Morgan fingerprint density at radius 1 is 1.22 bits per heavy atom. The van der Waals surface area contributed by atoms with Gasteiger partial charge in [0.15, 0.2) is 0 Å². The van der Waals surface area contributed by atoms with Gasteiger partial charge in [-0.15, -0.1) is 24.2 Å². The molecule has 0 aromatic carbocycles. The van der Waals surface area contributed by atoms with Gasteiger partial charge in [0.05, 0.1) is 11.3 Å². The van der Waals surface area contributed by atoms with Crippen LogP contribution >= 0.6 is 20.6 Å². The fraction of sp³-hybridized carbons (Fsp3) is 0.438. The Labute approximate surface area is 251 Å². The first-order valence-corrected chi connectivity index (χ1v) is 14.5. The first kappa shape index (κ1) is 40.1. The number of carbonyl (C=O) groups is 2. The van der Waals surface area contributed by atoms with Crippen LogP contribution in [0, 0.1) is 24.2 Å². The Balaban J connectivity index is 0. The Morgan fingerprint density at radius 2 is 1.80 bits per heavy atom. The minimum absolute atomic E-state index is 0.0427. The number of carbonyl (C=O) groups excluding carboxylic acids is 1. The minimum Gasteiger partial charge on any atom is -0.508 e. The van der Waals surface area contributed by atoms with Crippen molar-refractivity contribution in [3.8, 4) is 12.8 Å². The number of carboxylic acid groups (broad SMARTS) is 1. The highest BCUT2D eigenvalue weighted by Gasteiger charge is 2.24. The lowest BCUT2D eigenvalue weighted by Crippen LogP contribution is -2.25. The van der Waals surface area contributed by atoms with E-state index in [1.807, 2.05) is 19.1 Å². The maximum Gasteiger partial charge on any atom is 0.305 e. The summed E-state index contributed by atoms with van der Waals surface area (Å²) in [5.74, 6) is -0.703. The summed E-state index contributed by atoms with van der Waals surface area (Å²) in [7, 11) is 1.50. The van der Waals surface area contributed by atoms with Gasteiger partial charge in [-0.3, -0.25) is 9.59 Å². The van der Waals surface area contributed by atoms with Crippen LogP contribution in [0.1, 0.15) is 75.4 Å². The summed E-state index contributed by atoms with van der Waals surface area (Å²) >= 11 is 1.46. The molecule has 228 valence electrons. The number of amides is 1. The van der Waals surface area contributed by atoms with Gasteiger partial charge >= 0.3 is 5.97 Å². The molecule has 9 heteroatoms. The Bertz CT molecular complexity index is 1100. The molecule has 0 saturated heterocycles. The number of hydrogen-bond acceptors (Lipinski definition) is 4. The van der Waals surface area contributed by atoms with Crippen LogP contribution in [0.25, 0.3) is 0 Å². The topological polar surface area (TPSA) is 86.6 Å². The van der Waals surface area contributed by atoms with Gasteiger partial charge in [0, 0.05) is 22.9 Å². The third kappa shape index (κ3) is 21.4. The summed E-state index contributed by atoms with van der Waals surface area (Å²) in [6.07, 6.45) is 20.1. The van der Waals surface area contributed by atoms with Gasteiger partial charge in [0.1, 0.15) is 5.76 Å². The van der Waals surface area contributed by atoms with Gasteiger partial charge in [-0.05, 0) is 49.5 Å². The van der Waals surface area contributed by atoms with Gasteiger partial charge < -0.3 is 15.5 Å². The van der Waals surface area contributed by atoms with E-state index in [0.717, 1.165) is 24.5 Å². The van der Waals surface area contributed by atoms with Gasteiger partial charge in [-0.1, -0.05) is 86.7 Å². The van der Waals surface area contributed by atoms with E-state index >= 15 is 0 Å². The lowest BCUT2D eigenvalue weighted by molar-refractivity contribution is -0.136. The normalized spacial score (nSPS) is 15.0. The van der Waals surface area contributed by atoms with Crippen molar-refractivity contribution in [3.63, 3.8) is 0 Å². The molecule has 1 aromatic rings. The van der Waals surface area contributed by atoms with Crippen molar-refractivity contribution in [1.82, 2.24) is 5.32 Å². The molecule has 0 radical (unpaired) electrons. The van der Waals surface area contributed by atoms with Crippen molar-refractivity contribution in [2.24, 2.45) is 11.3 Å². The van der Waals surface area contributed by atoms with E-state index in [-0.39, 0.29) is 36.1 Å².